The van der Waals surface area contributed by atoms with Crippen molar-refractivity contribution >= 4 is 33.7 Å². The molecule has 0 unspecified atom stereocenters. The molecule has 30 heavy (non-hydrogen) atoms. The third kappa shape index (κ3) is 3.95. The summed E-state index contributed by atoms with van der Waals surface area (Å²) in [6, 6.07) is 7.47. The Balaban J connectivity index is 2.21. The van der Waals surface area contributed by atoms with Crippen LogP contribution in [0.25, 0.3) is 0 Å². The lowest BCUT2D eigenvalue weighted by Gasteiger charge is -2.38. The van der Waals surface area contributed by atoms with E-state index in [4.69, 9.17) is 9.47 Å². The van der Waals surface area contributed by atoms with E-state index in [2.05, 4.69) is 21.2 Å². The van der Waals surface area contributed by atoms with E-state index in [9.17, 15) is 14.4 Å². The van der Waals surface area contributed by atoms with Crippen molar-refractivity contribution in [1.82, 2.24) is 5.32 Å². The molecule has 3 atom stereocenters. The summed E-state index contributed by atoms with van der Waals surface area (Å²) in [5.41, 5.74) is 2.97. The Morgan fingerprint density at radius 3 is 2.50 bits per heavy atom. The van der Waals surface area contributed by atoms with Crippen LogP contribution in [0.5, 0.6) is 0 Å². The molecule has 1 aliphatic carbocycles. The van der Waals surface area contributed by atoms with Crippen LogP contribution in [0.2, 0.25) is 0 Å². The molecular weight excluding hydrogens is 450 g/mol. The van der Waals surface area contributed by atoms with E-state index >= 15 is 0 Å². The van der Waals surface area contributed by atoms with Gasteiger partial charge in [0.2, 0.25) is 0 Å². The lowest BCUT2D eigenvalue weighted by Crippen LogP contribution is -2.43. The Hall–Kier alpha value is -2.41. The first kappa shape index (κ1) is 22.3. The van der Waals surface area contributed by atoms with Gasteiger partial charge in [0.15, 0.2) is 5.78 Å². The molecule has 1 heterocycles. The zero-order valence-corrected chi connectivity index (χ0v) is 19.3. The minimum Gasteiger partial charge on any atom is -0.468 e. The number of carbonyl (C=O) groups is 3. The molecule has 1 N–H and O–H groups in total. The maximum absolute atomic E-state index is 13.6. The lowest BCUT2D eigenvalue weighted by atomic mass is 9.69. The van der Waals surface area contributed by atoms with E-state index in [0.29, 0.717) is 23.3 Å². The van der Waals surface area contributed by atoms with Crippen LogP contribution in [0, 0.1) is 11.8 Å². The number of benzene rings is 1. The molecule has 6 nitrogen and oxygen atoms in total. The number of ether oxygens (including phenoxy) is 2. The highest BCUT2D eigenvalue weighted by Crippen LogP contribution is 2.47. The SMILES string of the molecule is COC(=O)[C@H]1C(=O)C2=C(C[C@H]1C)NC(C)=C(C(=O)OC(C)C)[C@H]2c1ccccc1Br. The maximum atomic E-state index is 13.6. The maximum Gasteiger partial charge on any atom is 0.337 e. The molecule has 0 spiro atoms. The topological polar surface area (TPSA) is 81.7 Å². The Kier molecular flexibility index (Phi) is 6.50. The van der Waals surface area contributed by atoms with Gasteiger partial charge in [0.25, 0.3) is 0 Å². The Bertz CT molecular complexity index is 962. The molecule has 0 fully saturated rings. The molecule has 0 saturated carbocycles. The number of ketones is 1. The summed E-state index contributed by atoms with van der Waals surface area (Å²) in [6.45, 7) is 7.23. The average Bonchev–Trinajstić information content (AvgIpc) is 2.66. The number of hydrogen-bond acceptors (Lipinski definition) is 6. The van der Waals surface area contributed by atoms with Crippen LogP contribution in [0.3, 0.4) is 0 Å². The standard InChI is InChI=1S/C23H26BrNO5/c1-11(2)30-23(28)18-13(4)25-16-10-12(3)17(22(27)29-5)21(26)20(16)19(18)14-8-6-7-9-15(14)24/h6-9,11-12,17,19,25H,10H2,1-5H3/t12-,17-,19-/m1/s1. The van der Waals surface area contributed by atoms with E-state index < -0.39 is 23.8 Å². The second-order valence-electron chi connectivity index (χ2n) is 8.01. The number of esters is 2. The van der Waals surface area contributed by atoms with Crippen LogP contribution in [0.1, 0.15) is 45.6 Å². The van der Waals surface area contributed by atoms with Crippen LogP contribution >= 0.6 is 15.9 Å². The third-order valence-electron chi connectivity index (χ3n) is 5.52. The quantitative estimate of drug-likeness (QED) is 0.523. The lowest BCUT2D eigenvalue weighted by molar-refractivity contribution is -0.151. The highest BCUT2D eigenvalue weighted by Gasteiger charge is 2.47. The largest absolute Gasteiger partial charge is 0.468 e. The van der Waals surface area contributed by atoms with Gasteiger partial charge < -0.3 is 14.8 Å². The summed E-state index contributed by atoms with van der Waals surface area (Å²) in [5, 5.41) is 3.25. The average molecular weight is 476 g/mol. The van der Waals surface area contributed by atoms with Crippen molar-refractivity contribution in [2.75, 3.05) is 7.11 Å². The number of hydrogen-bond donors (Lipinski definition) is 1. The van der Waals surface area contributed by atoms with Crippen LogP contribution in [-0.4, -0.2) is 30.9 Å². The minimum absolute atomic E-state index is 0.215. The van der Waals surface area contributed by atoms with Crippen molar-refractivity contribution in [3.8, 4) is 0 Å². The van der Waals surface area contributed by atoms with Gasteiger partial charge in [-0.1, -0.05) is 41.1 Å². The van der Waals surface area contributed by atoms with Crippen molar-refractivity contribution in [3.63, 3.8) is 0 Å². The predicted octanol–water partition coefficient (Wildman–Crippen LogP) is 4.01. The zero-order valence-electron chi connectivity index (χ0n) is 17.7. The molecule has 0 amide bonds. The summed E-state index contributed by atoms with van der Waals surface area (Å²) in [5.74, 6) is -3.11. The molecule has 1 aromatic carbocycles. The Morgan fingerprint density at radius 2 is 1.90 bits per heavy atom. The fraction of sp³-hybridized carbons (Fsp3) is 0.435. The molecule has 2 aliphatic rings. The minimum atomic E-state index is -0.902. The van der Waals surface area contributed by atoms with Gasteiger partial charge in [-0.25, -0.2) is 4.79 Å². The molecule has 0 radical (unpaired) electrons. The number of dihydropyridines is 1. The molecular formula is C23H26BrNO5. The van der Waals surface area contributed by atoms with E-state index in [1.54, 1.807) is 13.8 Å². The number of rotatable bonds is 4. The second kappa shape index (κ2) is 8.76. The van der Waals surface area contributed by atoms with Gasteiger partial charge in [0.1, 0.15) is 5.92 Å². The number of Topliss-reactive ketones (excluding diaryl/α,β-unsaturated/α-hetero) is 1. The highest BCUT2D eigenvalue weighted by atomic mass is 79.9. The van der Waals surface area contributed by atoms with E-state index in [0.717, 1.165) is 15.7 Å². The van der Waals surface area contributed by atoms with Crippen molar-refractivity contribution < 1.29 is 23.9 Å². The highest BCUT2D eigenvalue weighted by molar-refractivity contribution is 9.10. The van der Waals surface area contributed by atoms with Gasteiger partial charge in [-0.05, 0) is 44.7 Å². The van der Waals surface area contributed by atoms with Gasteiger partial charge in [0.05, 0.1) is 18.8 Å². The molecule has 3 rings (SSSR count). The molecule has 0 saturated heterocycles. The first-order valence-electron chi connectivity index (χ1n) is 9.95. The number of methoxy groups -OCH3 is 1. The Labute approximate surface area is 184 Å². The first-order valence-corrected chi connectivity index (χ1v) is 10.7. The molecule has 7 heteroatoms. The molecule has 0 bridgehead atoms. The Morgan fingerprint density at radius 1 is 1.23 bits per heavy atom. The smallest absolute Gasteiger partial charge is 0.337 e. The first-order chi connectivity index (χ1) is 14.2. The van der Waals surface area contributed by atoms with E-state index in [-0.39, 0.29) is 17.8 Å². The number of allylic oxidation sites excluding steroid dienone is 3. The van der Waals surface area contributed by atoms with Gasteiger partial charge in [-0.15, -0.1) is 0 Å². The zero-order chi connectivity index (χ0) is 22.2. The van der Waals surface area contributed by atoms with Crippen molar-refractivity contribution in [1.29, 1.82) is 0 Å². The van der Waals surface area contributed by atoms with Crippen molar-refractivity contribution in [2.24, 2.45) is 11.8 Å². The summed E-state index contributed by atoms with van der Waals surface area (Å²) >= 11 is 3.56. The summed E-state index contributed by atoms with van der Waals surface area (Å²) in [4.78, 5) is 39.0. The fourth-order valence-corrected chi connectivity index (χ4v) is 4.76. The predicted molar refractivity (Wildman–Crippen MR) is 115 cm³/mol. The summed E-state index contributed by atoms with van der Waals surface area (Å²) < 4.78 is 11.2. The molecule has 0 aromatic heterocycles. The van der Waals surface area contributed by atoms with Gasteiger partial charge in [-0.3, -0.25) is 9.59 Å². The number of carbonyl (C=O) groups excluding carboxylic acids is 3. The van der Waals surface area contributed by atoms with E-state index in [1.165, 1.54) is 7.11 Å². The van der Waals surface area contributed by atoms with Gasteiger partial charge in [-0.2, -0.15) is 0 Å². The second-order valence-corrected chi connectivity index (χ2v) is 8.87. The van der Waals surface area contributed by atoms with Gasteiger partial charge in [0, 0.05) is 27.4 Å². The monoisotopic (exact) mass is 475 g/mol. The van der Waals surface area contributed by atoms with Crippen LogP contribution in [0.4, 0.5) is 0 Å². The fourth-order valence-electron chi connectivity index (χ4n) is 4.25. The number of nitrogens with one attached hydrogen (secondary N) is 1. The summed E-state index contributed by atoms with van der Waals surface area (Å²) in [7, 11) is 1.28. The summed E-state index contributed by atoms with van der Waals surface area (Å²) in [6.07, 6.45) is 0.198. The number of halogens is 1. The molecule has 1 aliphatic heterocycles. The third-order valence-corrected chi connectivity index (χ3v) is 6.24. The van der Waals surface area contributed by atoms with Crippen molar-refractivity contribution in [2.45, 2.75) is 46.1 Å². The van der Waals surface area contributed by atoms with Crippen LogP contribution < -0.4 is 5.32 Å². The molecule has 160 valence electrons. The van der Waals surface area contributed by atoms with Crippen LogP contribution in [0.15, 0.2) is 51.3 Å². The molecule has 1 aromatic rings. The van der Waals surface area contributed by atoms with Gasteiger partial charge >= 0.3 is 11.9 Å². The normalized spacial score (nSPS) is 23.8. The van der Waals surface area contributed by atoms with Crippen LogP contribution in [-0.2, 0) is 23.9 Å². The van der Waals surface area contributed by atoms with Crippen molar-refractivity contribution in [3.05, 3.63) is 56.8 Å². The van der Waals surface area contributed by atoms with E-state index in [1.807, 2.05) is 38.1 Å².